The third-order valence-corrected chi connectivity index (χ3v) is 5.22. The molecule has 1 fully saturated rings. The Morgan fingerprint density at radius 2 is 1.79 bits per heavy atom. The SMILES string of the molecule is CC1CCCC(C)N1C(=O)COc1ccc(C(=O)Nc2cc(F)ccc2N)cc1. The van der Waals surface area contributed by atoms with Crippen LogP contribution in [0.1, 0.15) is 43.5 Å². The van der Waals surface area contributed by atoms with Gasteiger partial charge in [-0.3, -0.25) is 9.59 Å². The first kappa shape index (κ1) is 20.6. The molecule has 2 aromatic rings. The largest absolute Gasteiger partial charge is 0.484 e. The van der Waals surface area contributed by atoms with Crippen LogP contribution < -0.4 is 15.8 Å². The van der Waals surface area contributed by atoms with E-state index in [9.17, 15) is 14.0 Å². The molecule has 0 radical (unpaired) electrons. The molecule has 3 rings (SSSR count). The Hall–Kier alpha value is -3.09. The molecule has 1 saturated heterocycles. The van der Waals surface area contributed by atoms with Crippen LogP contribution >= 0.6 is 0 Å². The summed E-state index contributed by atoms with van der Waals surface area (Å²) in [7, 11) is 0. The standard InChI is InChI=1S/C22H26FN3O3/c1-14-4-3-5-15(2)26(14)21(27)13-29-18-9-6-16(7-10-18)22(28)25-20-12-17(23)8-11-19(20)24/h6-12,14-15H,3-5,13,24H2,1-2H3,(H,25,28). The third-order valence-electron chi connectivity index (χ3n) is 5.22. The molecule has 7 heteroatoms. The van der Waals surface area contributed by atoms with Crippen molar-refractivity contribution in [3.05, 3.63) is 53.8 Å². The number of amides is 2. The Morgan fingerprint density at radius 3 is 2.45 bits per heavy atom. The van der Waals surface area contributed by atoms with Crippen LogP contribution in [0.25, 0.3) is 0 Å². The summed E-state index contributed by atoms with van der Waals surface area (Å²) in [6, 6.07) is 10.6. The second kappa shape index (κ2) is 8.94. The van der Waals surface area contributed by atoms with Crippen LogP contribution in [0.5, 0.6) is 5.75 Å². The lowest BCUT2D eigenvalue weighted by Gasteiger charge is -2.38. The zero-order valence-corrected chi connectivity index (χ0v) is 16.7. The predicted octanol–water partition coefficient (Wildman–Crippen LogP) is 3.83. The van der Waals surface area contributed by atoms with Crippen molar-refractivity contribution in [2.24, 2.45) is 0 Å². The second-order valence-corrected chi connectivity index (χ2v) is 7.43. The van der Waals surface area contributed by atoms with E-state index in [0.717, 1.165) is 19.3 Å². The summed E-state index contributed by atoms with van der Waals surface area (Å²) in [5, 5.41) is 2.58. The molecule has 2 aromatic carbocycles. The number of rotatable bonds is 5. The lowest BCUT2D eigenvalue weighted by atomic mass is 9.97. The molecular weight excluding hydrogens is 373 g/mol. The summed E-state index contributed by atoms with van der Waals surface area (Å²) in [5.41, 5.74) is 6.61. The molecule has 0 aromatic heterocycles. The Balaban J connectivity index is 1.57. The molecule has 0 spiro atoms. The second-order valence-electron chi connectivity index (χ2n) is 7.43. The molecule has 2 atom stereocenters. The normalized spacial score (nSPS) is 18.9. The fourth-order valence-corrected chi connectivity index (χ4v) is 3.67. The average Bonchev–Trinajstić information content (AvgIpc) is 2.69. The van der Waals surface area contributed by atoms with Gasteiger partial charge in [0.2, 0.25) is 0 Å². The van der Waals surface area contributed by atoms with Gasteiger partial charge in [0.15, 0.2) is 6.61 Å². The molecule has 2 unspecified atom stereocenters. The Labute approximate surface area is 169 Å². The molecule has 0 aliphatic carbocycles. The lowest BCUT2D eigenvalue weighted by molar-refractivity contribution is -0.139. The number of nitrogens with one attached hydrogen (secondary N) is 1. The van der Waals surface area contributed by atoms with Gasteiger partial charge in [-0.1, -0.05) is 0 Å². The van der Waals surface area contributed by atoms with Crippen molar-refractivity contribution in [2.45, 2.75) is 45.2 Å². The minimum atomic E-state index is -0.486. The zero-order valence-electron chi connectivity index (χ0n) is 16.7. The minimum absolute atomic E-state index is 0.0342. The van der Waals surface area contributed by atoms with Gasteiger partial charge in [-0.2, -0.15) is 0 Å². The smallest absolute Gasteiger partial charge is 0.260 e. The van der Waals surface area contributed by atoms with E-state index < -0.39 is 11.7 Å². The summed E-state index contributed by atoms with van der Waals surface area (Å²) < 4.78 is 18.9. The summed E-state index contributed by atoms with van der Waals surface area (Å²) in [5.74, 6) is -0.438. The molecule has 3 N–H and O–H groups in total. The van der Waals surface area contributed by atoms with E-state index in [2.05, 4.69) is 19.2 Å². The Morgan fingerprint density at radius 1 is 1.14 bits per heavy atom. The van der Waals surface area contributed by atoms with Crippen molar-refractivity contribution in [1.29, 1.82) is 0 Å². The fraction of sp³-hybridized carbons (Fsp3) is 0.364. The van der Waals surface area contributed by atoms with E-state index in [4.69, 9.17) is 10.5 Å². The number of benzene rings is 2. The highest BCUT2D eigenvalue weighted by molar-refractivity contribution is 6.05. The molecule has 29 heavy (non-hydrogen) atoms. The molecule has 1 aliphatic heterocycles. The van der Waals surface area contributed by atoms with Crippen molar-refractivity contribution in [1.82, 2.24) is 4.90 Å². The minimum Gasteiger partial charge on any atom is -0.484 e. The molecular formula is C22H26FN3O3. The lowest BCUT2D eigenvalue weighted by Crippen LogP contribution is -2.49. The van der Waals surface area contributed by atoms with Crippen LogP contribution in [0.4, 0.5) is 15.8 Å². The van der Waals surface area contributed by atoms with Gasteiger partial charge in [0.1, 0.15) is 11.6 Å². The van der Waals surface area contributed by atoms with Gasteiger partial charge in [0, 0.05) is 17.6 Å². The molecule has 1 heterocycles. The number of carbonyl (C=O) groups is 2. The molecule has 6 nitrogen and oxygen atoms in total. The average molecular weight is 399 g/mol. The highest BCUT2D eigenvalue weighted by Crippen LogP contribution is 2.23. The first-order valence-electron chi connectivity index (χ1n) is 9.75. The number of anilines is 2. The number of hydrogen-bond acceptors (Lipinski definition) is 4. The van der Waals surface area contributed by atoms with Crippen LogP contribution in [0.2, 0.25) is 0 Å². The van der Waals surface area contributed by atoms with E-state index in [1.807, 2.05) is 4.90 Å². The topological polar surface area (TPSA) is 84.7 Å². The predicted molar refractivity (Wildman–Crippen MR) is 110 cm³/mol. The highest BCUT2D eigenvalue weighted by Gasteiger charge is 2.28. The van der Waals surface area contributed by atoms with Crippen LogP contribution in [0.15, 0.2) is 42.5 Å². The van der Waals surface area contributed by atoms with Gasteiger partial charge in [-0.25, -0.2) is 4.39 Å². The highest BCUT2D eigenvalue weighted by atomic mass is 19.1. The molecule has 0 saturated carbocycles. The van der Waals surface area contributed by atoms with Crippen LogP contribution in [-0.4, -0.2) is 35.4 Å². The first-order chi connectivity index (χ1) is 13.8. The number of likely N-dealkylation sites (tertiary alicyclic amines) is 1. The number of halogens is 1. The number of nitrogen functional groups attached to an aromatic ring is 1. The summed E-state index contributed by atoms with van der Waals surface area (Å²) in [6.07, 6.45) is 3.16. The van der Waals surface area contributed by atoms with Crippen LogP contribution in [0.3, 0.4) is 0 Å². The van der Waals surface area contributed by atoms with Crippen molar-refractivity contribution in [3.63, 3.8) is 0 Å². The van der Waals surface area contributed by atoms with Crippen LogP contribution in [-0.2, 0) is 4.79 Å². The molecule has 0 bridgehead atoms. The van der Waals surface area contributed by atoms with E-state index in [1.54, 1.807) is 24.3 Å². The van der Waals surface area contributed by atoms with Crippen molar-refractivity contribution < 1.29 is 18.7 Å². The van der Waals surface area contributed by atoms with Gasteiger partial charge >= 0.3 is 0 Å². The molecule has 154 valence electrons. The van der Waals surface area contributed by atoms with Gasteiger partial charge < -0.3 is 20.7 Å². The maximum atomic E-state index is 13.3. The molecule has 2 amide bonds. The van der Waals surface area contributed by atoms with Gasteiger partial charge in [-0.05, 0) is 75.6 Å². The number of piperidine rings is 1. The zero-order chi connectivity index (χ0) is 21.0. The maximum absolute atomic E-state index is 13.3. The van der Waals surface area contributed by atoms with E-state index in [1.165, 1.54) is 18.2 Å². The summed E-state index contributed by atoms with van der Waals surface area (Å²) in [4.78, 5) is 26.8. The van der Waals surface area contributed by atoms with E-state index in [-0.39, 0.29) is 36.0 Å². The first-order valence-corrected chi connectivity index (χ1v) is 9.75. The van der Waals surface area contributed by atoms with E-state index in [0.29, 0.717) is 11.3 Å². The monoisotopic (exact) mass is 399 g/mol. The van der Waals surface area contributed by atoms with Gasteiger partial charge in [-0.15, -0.1) is 0 Å². The number of nitrogens with two attached hydrogens (primary N) is 1. The molecule has 1 aliphatic rings. The van der Waals surface area contributed by atoms with Gasteiger partial charge in [0.25, 0.3) is 11.8 Å². The number of hydrogen-bond donors (Lipinski definition) is 2. The Kier molecular flexibility index (Phi) is 6.36. The fourth-order valence-electron chi connectivity index (χ4n) is 3.67. The number of ether oxygens (including phenoxy) is 1. The summed E-state index contributed by atoms with van der Waals surface area (Å²) in [6.45, 7) is 4.08. The Bertz CT molecular complexity index is 875. The number of carbonyl (C=O) groups excluding carboxylic acids is 2. The van der Waals surface area contributed by atoms with Gasteiger partial charge in [0.05, 0.1) is 11.4 Å². The maximum Gasteiger partial charge on any atom is 0.260 e. The number of nitrogens with zero attached hydrogens (tertiary/aromatic N) is 1. The quantitative estimate of drug-likeness (QED) is 0.749. The van der Waals surface area contributed by atoms with E-state index >= 15 is 0 Å². The van der Waals surface area contributed by atoms with Crippen molar-refractivity contribution in [2.75, 3.05) is 17.7 Å². The third kappa shape index (κ3) is 5.04. The van der Waals surface area contributed by atoms with Crippen LogP contribution in [0, 0.1) is 5.82 Å². The summed E-state index contributed by atoms with van der Waals surface area (Å²) >= 11 is 0. The van der Waals surface area contributed by atoms with Crippen molar-refractivity contribution in [3.8, 4) is 5.75 Å². The van der Waals surface area contributed by atoms with Crippen molar-refractivity contribution >= 4 is 23.2 Å².